The Bertz CT molecular complexity index is 715. The average Bonchev–Trinajstić information content (AvgIpc) is 2.75. The highest BCUT2D eigenvalue weighted by Gasteiger charge is 2.33. The quantitative estimate of drug-likeness (QED) is 0.508. The first kappa shape index (κ1) is 22.8. The molecular weight excluding hydrogens is 376 g/mol. The number of para-hydroxylation sites is 1. The molecule has 1 heterocycles. The first-order chi connectivity index (χ1) is 14.5. The SMILES string of the molecule is CCc1ccccc1NC(=O)C[NH+]1CC[NH+]([C@@H](C)C(=O)N[C@@H]2CCCC[C@@H]2C)CC1. The zero-order valence-electron chi connectivity index (χ0n) is 18.9. The van der Waals surface area contributed by atoms with Crippen LogP contribution < -0.4 is 20.4 Å². The van der Waals surface area contributed by atoms with Crippen LogP contribution in [0.2, 0.25) is 0 Å². The van der Waals surface area contributed by atoms with Gasteiger partial charge in [0.05, 0.1) is 0 Å². The lowest BCUT2D eigenvalue weighted by molar-refractivity contribution is -1.01. The number of carbonyl (C=O) groups excluding carboxylic acids is 2. The van der Waals surface area contributed by atoms with Crippen LogP contribution in [0.1, 0.15) is 52.0 Å². The first-order valence-corrected chi connectivity index (χ1v) is 11.8. The van der Waals surface area contributed by atoms with Crippen molar-refractivity contribution in [3.63, 3.8) is 0 Å². The summed E-state index contributed by atoms with van der Waals surface area (Å²) in [4.78, 5) is 27.9. The molecule has 6 nitrogen and oxygen atoms in total. The van der Waals surface area contributed by atoms with Crippen molar-refractivity contribution in [1.29, 1.82) is 0 Å². The van der Waals surface area contributed by atoms with Crippen LogP contribution >= 0.6 is 0 Å². The molecular formula is C24H40N4O2+2. The number of piperazine rings is 1. The van der Waals surface area contributed by atoms with Crippen LogP contribution in [0.15, 0.2) is 24.3 Å². The summed E-state index contributed by atoms with van der Waals surface area (Å²) in [5, 5.41) is 6.40. The average molecular weight is 417 g/mol. The number of hydrogen-bond acceptors (Lipinski definition) is 2. The minimum Gasteiger partial charge on any atom is -0.348 e. The summed E-state index contributed by atoms with van der Waals surface area (Å²) in [5.41, 5.74) is 2.10. The van der Waals surface area contributed by atoms with Crippen molar-refractivity contribution in [1.82, 2.24) is 5.32 Å². The molecule has 3 atom stereocenters. The van der Waals surface area contributed by atoms with E-state index in [1.165, 1.54) is 34.6 Å². The molecule has 166 valence electrons. The number of hydrogen-bond donors (Lipinski definition) is 4. The van der Waals surface area contributed by atoms with Crippen molar-refractivity contribution in [2.45, 2.75) is 65.0 Å². The molecule has 1 aromatic rings. The Morgan fingerprint density at radius 1 is 1.10 bits per heavy atom. The molecule has 1 aromatic carbocycles. The molecule has 1 saturated heterocycles. The summed E-state index contributed by atoms with van der Waals surface area (Å²) in [5.74, 6) is 0.857. The molecule has 30 heavy (non-hydrogen) atoms. The third-order valence-corrected chi connectivity index (χ3v) is 7.13. The standard InChI is InChI=1S/C24H38N4O2/c1-4-20-10-6-8-12-22(20)25-23(29)17-27-13-15-28(16-14-27)19(3)24(30)26-21-11-7-5-9-18(21)2/h6,8,10,12,18-19,21H,4-5,7,9,11,13-17H2,1-3H3,(H,25,29)(H,26,30)/p+2/t18-,19-,21+/m0/s1. The van der Waals surface area contributed by atoms with Crippen LogP contribution in [0.5, 0.6) is 0 Å². The molecule has 2 amide bonds. The van der Waals surface area contributed by atoms with Gasteiger partial charge in [-0.25, -0.2) is 0 Å². The summed E-state index contributed by atoms with van der Waals surface area (Å²) in [7, 11) is 0. The predicted molar refractivity (Wildman–Crippen MR) is 120 cm³/mol. The lowest BCUT2D eigenvalue weighted by Gasteiger charge is -2.34. The second-order valence-corrected chi connectivity index (χ2v) is 9.24. The van der Waals surface area contributed by atoms with Gasteiger partial charge in [0.25, 0.3) is 11.8 Å². The van der Waals surface area contributed by atoms with Crippen LogP contribution in [-0.4, -0.2) is 56.6 Å². The Kier molecular flexibility index (Phi) is 8.28. The molecule has 4 N–H and O–H groups in total. The van der Waals surface area contributed by atoms with E-state index in [4.69, 9.17) is 0 Å². The van der Waals surface area contributed by atoms with Gasteiger partial charge in [0.15, 0.2) is 12.6 Å². The fraction of sp³-hybridized carbons (Fsp3) is 0.667. The van der Waals surface area contributed by atoms with Gasteiger partial charge in [0.2, 0.25) is 0 Å². The van der Waals surface area contributed by atoms with Gasteiger partial charge in [-0.15, -0.1) is 0 Å². The van der Waals surface area contributed by atoms with Crippen LogP contribution in [-0.2, 0) is 16.0 Å². The smallest absolute Gasteiger partial charge is 0.279 e. The Morgan fingerprint density at radius 3 is 2.50 bits per heavy atom. The zero-order valence-corrected chi connectivity index (χ0v) is 18.9. The molecule has 0 aromatic heterocycles. The van der Waals surface area contributed by atoms with Gasteiger partial charge in [0, 0.05) is 11.7 Å². The summed E-state index contributed by atoms with van der Waals surface area (Å²) < 4.78 is 0. The number of nitrogens with one attached hydrogen (secondary N) is 4. The molecule has 0 bridgehead atoms. The van der Waals surface area contributed by atoms with Gasteiger partial charge < -0.3 is 20.4 Å². The van der Waals surface area contributed by atoms with E-state index in [2.05, 4.69) is 37.5 Å². The zero-order chi connectivity index (χ0) is 21.5. The fourth-order valence-electron chi connectivity index (χ4n) is 4.93. The molecule has 0 unspecified atom stereocenters. The third kappa shape index (κ3) is 6.05. The highest BCUT2D eigenvalue weighted by atomic mass is 16.2. The van der Waals surface area contributed by atoms with Crippen molar-refractivity contribution in [2.75, 3.05) is 38.0 Å². The molecule has 6 heteroatoms. The minimum atomic E-state index is -0.0223. The van der Waals surface area contributed by atoms with Crippen molar-refractivity contribution in [2.24, 2.45) is 5.92 Å². The van der Waals surface area contributed by atoms with Gasteiger partial charge in [-0.05, 0) is 43.7 Å². The molecule has 1 aliphatic carbocycles. The monoisotopic (exact) mass is 416 g/mol. The summed E-state index contributed by atoms with van der Waals surface area (Å²) in [6.45, 7) is 10.6. The van der Waals surface area contributed by atoms with Crippen LogP contribution in [0, 0.1) is 5.92 Å². The number of anilines is 1. The highest BCUT2D eigenvalue weighted by Crippen LogP contribution is 2.23. The molecule has 1 aliphatic heterocycles. The van der Waals surface area contributed by atoms with Crippen LogP contribution in [0.25, 0.3) is 0 Å². The van der Waals surface area contributed by atoms with Crippen molar-refractivity contribution in [3.8, 4) is 0 Å². The van der Waals surface area contributed by atoms with E-state index < -0.39 is 0 Å². The lowest BCUT2D eigenvalue weighted by atomic mass is 9.86. The number of amides is 2. The molecule has 0 radical (unpaired) electrons. The largest absolute Gasteiger partial charge is 0.348 e. The number of carbonyl (C=O) groups is 2. The van der Waals surface area contributed by atoms with E-state index in [0.29, 0.717) is 18.5 Å². The topological polar surface area (TPSA) is 67.1 Å². The summed E-state index contributed by atoms with van der Waals surface area (Å²) >= 11 is 0. The van der Waals surface area contributed by atoms with Crippen molar-refractivity contribution < 1.29 is 19.4 Å². The Balaban J connectivity index is 1.42. The van der Waals surface area contributed by atoms with Gasteiger partial charge in [-0.1, -0.05) is 44.9 Å². The van der Waals surface area contributed by atoms with Gasteiger partial charge >= 0.3 is 0 Å². The molecule has 0 spiro atoms. The maximum absolute atomic E-state index is 12.8. The molecule has 1 saturated carbocycles. The minimum absolute atomic E-state index is 0.0223. The van der Waals surface area contributed by atoms with E-state index >= 15 is 0 Å². The predicted octanol–water partition coefficient (Wildman–Crippen LogP) is 0.0543. The van der Waals surface area contributed by atoms with E-state index in [9.17, 15) is 9.59 Å². The lowest BCUT2D eigenvalue weighted by Crippen LogP contribution is -3.30. The van der Waals surface area contributed by atoms with Gasteiger partial charge in [-0.3, -0.25) is 9.59 Å². The number of aryl methyl sites for hydroxylation is 1. The molecule has 2 aliphatic rings. The highest BCUT2D eigenvalue weighted by molar-refractivity contribution is 5.92. The van der Waals surface area contributed by atoms with E-state index in [-0.39, 0.29) is 17.9 Å². The maximum Gasteiger partial charge on any atom is 0.279 e. The molecule has 3 rings (SSSR count). The fourth-order valence-corrected chi connectivity index (χ4v) is 4.93. The Hall–Kier alpha value is -1.92. The second kappa shape index (κ2) is 10.9. The first-order valence-electron chi connectivity index (χ1n) is 11.8. The second-order valence-electron chi connectivity index (χ2n) is 9.24. The van der Waals surface area contributed by atoms with E-state index in [1.807, 2.05) is 18.2 Å². The molecule has 2 fully saturated rings. The van der Waals surface area contributed by atoms with Crippen molar-refractivity contribution in [3.05, 3.63) is 29.8 Å². The van der Waals surface area contributed by atoms with E-state index in [1.54, 1.807) is 0 Å². The Labute approximate surface area is 181 Å². The van der Waals surface area contributed by atoms with Crippen molar-refractivity contribution >= 4 is 17.5 Å². The van der Waals surface area contributed by atoms with Crippen LogP contribution in [0.3, 0.4) is 0 Å². The van der Waals surface area contributed by atoms with E-state index in [0.717, 1.165) is 44.7 Å². The number of quaternary nitrogens is 2. The normalized spacial score (nSPS) is 27.8. The third-order valence-electron chi connectivity index (χ3n) is 7.13. The summed E-state index contributed by atoms with van der Waals surface area (Å²) in [6, 6.07) is 8.32. The van der Waals surface area contributed by atoms with Crippen LogP contribution in [0.4, 0.5) is 5.69 Å². The number of rotatable bonds is 7. The van der Waals surface area contributed by atoms with Gasteiger partial charge in [-0.2, -0.15) is 0 Å². The summed E-state index contributed by atoms with van der Waals surface area (Å²) in [6.07, 6.45) is 5.76. The van der Waals surface area contributed by atoms with Gasteiger partial charge in [0.1, 0.15) is 26.2 Å². The number of benzene rings is 1. The maximum atomic E-state index is 12.8. The Morgan fingerprint density at radius 2 is 1.80 bits per heavy atom.